The summed E-state index contributed by atoms with van der Waals surface area (Å²) in [7, 11) is 0. The minimum Gasteiger partial charge on any atom is -0.241 e. The Morgan fingerprint density at radius 3 is 0.636 bits per heavy atom. The quantitative estimate of drug-likeness (QED) is 0.363. The third-order valence-corrected chi connectivity index (χ3v) is 0. The third-order valence-electron chi connectivity index (χ3n) is 0. The van der Waals surface area contributed by atoms with Crippen LogP contribution in [0.4, 0.5) is 26.3 Å². The summed E-state index contributed by atoms with van der Waals surface area (Å²) in [5, 5.41) is 0. The van der Waals surface area contributed by atoms with Crippen molar-refractivity contribution in [3.8, 4) is 0 Å². The van der Waals surface area contributed by atoms with Crippen molar-refractivity contribution in [2.75, 3.05) is 0 Å². The molecule has 0 aliphatic heterocycles. The fourth-order valence-corrected chi connectivity index (χ4v) is 0. The average molecular weight is 278 g/mol. The molecule has 7 heteroatoms. The third kappa shape index (κ3) is 3010. The van der Waals surface area contributed by atoms with E-state index in [1.165, 1.54) is 0 Å². The van der Waals surface area contributed by atoms with E-state index in [1.54, 1.807) is 13.8 Å². The van der Waals surface area contributed by atoms with Gasteiger partial charge in [-0.3, -0.25) is 0 Å². The molecule has 0 aromatic carbocycles. The van der Waals surface area contributed by atoms with Crippen LogP contribution < -0.4 is 0 Å². The number of halogens is 6. The van der Waals surface area contributed by atoms with Crippen LogP contribution in [0.5, 0.6) is 0 Å². The Kier molecular flexibility index (Phi) is 9.68. The molecule has 0 heterocycles. The Morgan fingerprint density at radius 2 is 0.636 bits per heavy atom. The van der Waals surface area contributed by atoms with E-state index in [0.717, 1.165) is 0 Å². The number of alkyl halides is 6. The Labute approximate surface area is 80.1 Å². The van der Waals surface area contributed by atoms with Crippen LogP contribution in [0, 0.1) is 13.8 Å². The van der Waals surface area contributed by atoms with Crippen LogP contribution in [-0.2, 0) is 27.3 Å². The molecule has 0 N–H and O–H groups in total. The maximum atomic E-state index is 10.2. The molecule has 0 saturated carbocycles. The van der Waals surface area contributed by atoms with E-state index in [0.29, 0.717) is 0 Å². The number of rotatable bonds is 0. The number of hydrogen-bond donors (Lipinski definition) is 0. The first-order valence-electron chi connectivity index (χ1n) is 1.84. The maximum Gasteiger partial charge on any atom is 2.00 e. The molecule has 0 aromatic heterocycles. The fourth-order valence-electron chi connectivity index (χ4n) is 0. The van der Waals surface area contributed by atoms with Gasteiger partial charge in [0.25, 0.3) is 12.4 Å². The van der Waals surface area contributed by atoms with Crippen LogP contribution in [0.2, 0.25) is 0 Å². The first-order chi connectivity index (χ1) is 4.00. The predicted molar refractivity (Wildman–Crippen MR) is 22.8 cm³/mol. The summed E-state index contributed by atoms with van der Waals surface area (Å²) < 4.78 is 61.5. The van der Waals surface area contributed by atoms with Gasteiger partial charge in [-0.05, 0) is 0 Å². The molecule has 0 bridgehead atoms. The van der Waals surface area contributed by atoms with Gasteiger partial charge >= 0.3 is 27.3 Å². The second kappa shape index (κ2) is 6.07. The molecule has 0 nitrogen and oxygen atoms in total. The summed E-state index contributed by atoms with van der Waals surface area (Å²) in [6.07, 6.45) is -8.50. The van der Waals surface area contributed by atoms with Crippen molar-refractivity contribution in [3.05, 3.63) is 13.8 Å². The van der Waals surface area contributed by atoms with E-state index in [2.05, 4.69) is 0 Å². The molecule has 0 aliphatic rings. The molecule has 0 radical (unpaired) electrons. The van der Waals surface area contributed by atoms with E-state index >= 15 is 0 Å². The molecular formula is C4H4CdF6. The molecule has 0 spiro atoms. The van der Waals surface area contributed by atoms with Crippen molar-refractivity contribution in [3.63, 3.8) is 0 Å². The van der Waals surface area contributed by atoms with E-state index in [9.17, 15) is 26.3 Å². The van der Waals surface area contributed by atoms with E-state index in [4.69, 9.17) is 0 Å². The summed E-state index contributed by atoms with van der Waals surface area (Å²) in [4.78, 5) is 0. The Morgan fingerprint density at radius 1 is 0.636 bits per heavy atom. The topological polar surface area (TPSA) is 0 Å². The first-order valence-corrected chi connectivity index (χ1v) is 1.84. The number of hydrogen-bond acceptors (Lipinski definition) is 0. The standard InChI is InChI=1S/2C2H2F3.Cd/c2*1-2(3,4)5;/h2*1H2;/q2*-1;+2. The van der Waals surface area contributed by atoms with Crippen LogP contribution >= 0.6 is 0 Å². The normalized spacial score (nSPS) is 10.9. The summed E-state index contributed by atoms with van der Waals surface area (Å²) in [5.74, 6) is 0. The average Bonchev–Trinajstić information content (AvgIpc) is 1.12. The van der Waals surface area contributed by atoms with Gasteiger partial charge in [0.05, 0.1) is 0 Å². The first kappa shape index (κ1) is 17.5. The summed E-state index contributed by atoms with van der Waals surface area (Å²) in [6, 6.07) is 0. The molecule has 0 rings (SSSR count). The van der Waals surface area contributed by atoms with Crippen molar-refractivity contribution in [1.82, 2.24) is 0 Å². The van der Waals surface area contributed by atoms with Gasteiger partial charge in [-0.2, -0.15) is 0 Å². The summed E-state index contributed by atoms with van der Waals surface area (Å²) in [5.41, 5.74) is 0. The Bertz CT molecular complexity index is 57.6. The molecule has 0 aliphatic carbocycles. The smallest absolute Gasteiger partial charge is 0.241 e. The largest absolute Gasteiger partial charge is 2.00 e. The summed E-state index contributed by atoms with van der Waals surface area (Å²) >= 11 is 0. The molecule has 0 atom stereocenters. The van der Waals surface area contributed by atoms with E-state index in [-0.39, 0.29) is 27.3 Å². The SMILES string of the molecule is [CH2-]C(F)(F)F.[CH2-]C(F)(F)F.[Cd+2]. The molecule has 11 heavy (non-hydrogen) atoms. The van der Waals surface area contributed by atoms with Crippen molar-refractivity contribution < 1.29 is 53.6 Å². The zero-order valence-corrected chi connectivity index (χ0v) is 9.43. The Balaban J connectivity index is -0.000000107. The second-order valence-electron chi connectivity index (χ2n) is 1.23. The van der Waals surface area contributed by atoms with E-state index in [1.807, 2.05) is 0 Å². The molecule has 0 amide bonds. The van der Waals surface area contributed by atoms with E-state index < -0.39 is 12.4 Å². The van der Waals surface area contributed by atoms with Crippen LogP contribution in [0.3, 0.4) is 0 Å². The van der Waals surface area contributed by atoms with Crippen LogP contribution in [0.1, 0.15) is 0 Å². The predicted octanol–water partition coefficient (Wildman–Crippen LogP) is 2.76. The minimum atomic E-state index is -4.25. The van der Waals surface area contributed by atoms with Gasteiger partial charge in [0.1, 0.15) is 0 Å². The van der Waals surface area contributed by atoms with Crippen molar-refractivity contribution >= 4 is 0 Å². The maximum absolute atomic E-state index is 10.2. The van der Waals surface area contributed by atoms with Gasteiger partial charge < -0.3 is 0 Å². The second-order valence-corrected chi connectivity index (χ2v) is 1.23. The molecule has 64 valence electrons. The molecule has 0 aromatic rings. The van der Waals surface area contributed by atoms with Crippen LogP contribution in [0.15, 0.2) is 0 Å². The van der Waals surface area contributed by atoms with Crippen molar-refractivity contribution in [2.45, 2.75) is 12.4 Å². The van der Waals surface area contributed by atoms with Gasteiger partial charge in [0, 0.05) is 0 Å². The Hall–Kier alpha value is 0.502. The molecule has 0 unspecified atom stereocenters. The van der Waals surface area contributed by atoms with Gasteiger partial charge in [0.2, 0.25) is 0 Å². The van der Waals surface area contributed by atoms with Crippen LogP contribution in [0.25, 0.3) is 0 Å². The van der Waals surface area contributed by atoms with Gasteiger partial charge in [-0.25, -0.2) is 40.2 Å². The van der Waals surface area contributed by atoms with Gasteiger partial charge in [0.15, 0.2) is 0 Å². The monoisotopic (exact) mass is 280 g/mol. The fraction of sp³-hybridized carbons (Fsp3) is 0.500. The minimum absolute atomic E-state index is 0. The van der Waals surface area contributed by atoms with Gasteiger partial charge in [-0.15, -0.1) is 0 Å². The van der Waals surface area contributed by atoms with Crippen molar-refractivity contribution in [1.29, 1.82) is 0 Å². The molecule has 0 saturated heterocycles. The van der Waals surface area contributed by atoms with Gasteiger partial charge in [-0.1, -0.05) is 0 Å². The zero-order chi connectivity index (χ0) is 9.00. The summed E-state index contributed by atoms with van der Waals surface area (Å²) in [6.45, 7) is 3.54. The van der Waals surface area contributed by atoms with Crippen molar-refractivity contribution in [2.24, 2.45) is 0 Å². The van der Waals surface area contributed by atoms with Crippen LogP contribution in [-0.4, -0.2) is 12.4 Å². The molecular weight excluding hydrogens is 274 g/mol. The molecule has 0 fully saturated rings. The zero-order valence-electron chi connectivity index (χ0n) is 5.39.